The van der Waals surface area contributed by atoms with E-state index in [1.54, 1.807) is 6.26 Å². The molecule has 0 bridgehead atoms. The molecule has 72 valence electrons. The topological polar surface area (TPSA) is 51.2 Å². The zero-order valence-electron chi connectivity index (χ0n) is 7.62. The number of aromatic nitrogens is 1. The van der Waals surface area contributed by atoms with E-state index < -0.39 is 0 Å². The van der Waals surface area contributed by atoms with Crippen LogP contribution in [0.5, 0.6) is 0 Å². The maximum atomic E-state index is 5.61. The third-order valence-corrected chi connectivity index (χ3v) is 2.33. The summed E-state index contributed by atoms with van der Waals surface area (Å²) in [6.07, 6.45) is 2.53. The highest BCUT2D eigenvalue weighted by molar-refractivity contribution is 5.45. The van der Waals surface area contributed by atoms with Gasteiger partial charge in [-0.15, -0.1) is 0 Å². The first kappa shape index (κ1) is 7.82. The molecule has 0 aliphatic carbocycles. The summed E-state index contributed by atoms with van der Waals surface area (Å²) < 4.78 is 10.8. The summed E-state index contributed by atoms with van der Waals surface area (Å²) in [6.45, 7) is 1.75. The Morgan fingerprint density at radius 2 is 2.43 bits per heavy atom. The first-order valence-corrected chi connectivity index (χ1v) is 4.66. The summed E-state index contributed by atoms with van der Waals surface area (Å²) in [5.74, 6) is 2.26. The average Bonchev–Trinajstić information content (AvgIpc) is 2.86. The number of hydrogen-bond acceptors (Lipinski definition) is 4. The summed E-state index contributed by atoms with van der Waals surface area (Å²) in [4.78, 5) is 4.37. The molecule has 0 spiro atoms. The lowest BCUT2D eigenvalue weighted by Gasteiger charge is -2.07. The maximum Gasteiger partial charge on any atom is 0.263 e. The van der Waals surface area contributed by atoms with Crippen LogP contribution in [-0.2, 0) is 13.0 Å². The molecule has 1 N–H and O–H groups in total. The molecule has 0 unspecified atom stereocenters. The van der Waals surface area contributed by atoms with Crippen molar-refractivity contribution >= 4 is 0 Å². The molecular weight excluding hydrogens is 180 g/mol. The fourth-order valence-corrected chi connectivity index (χ4v) is 1.63. The van der Waals surface area contributed by atoms with Gasteiger partial charge in [0.05, 0.1) is 12.0 Å². The Bertz CT molecular complexity index is 407. The van der Waals surface area contributed by atoms with Gasteiger partial charge in [-0.3, -0.25) is 0 Å². The van der Waals surface area contributed by atoms with Crippen LogP contribution in [0.4, 0.5) is 0 Å². The van der Waals surface area contributed by atoms with Gasteiger partial charge < -0.3 is 14.2 Å². The minimum Gasteiger partial charge on any atom is -0.459 e. The van der Waals surface area contributed by atoms with Crippen molar-refractivity contribution in [3.05, 3.63) is 29.9 Å². The van der Waals surface area contributed by atoms with Gasteiger partial charge in [0.15, 0.2) is 5.76 Å². The Kier molecular flexibility index (Phi) is 1.67. The van der Waals surface area contributed by atoms with E-state index in [1.165, 1.54) is 0 Å². The second kappa shape index (κ2) is 2.99. The van der Waals surface area contributed by atoms with Crippen LogP contribution in [-0.4, -0.2) is 11.5 Å². The lowest BCUT2D eigenvalue weighted by atomic mass is 10.2. The Balaban J connectivity index is 2.04. The van der Waals surface area contributed by atoms with Crippen molar-refractivity contribution in [2.45, 2.75) is 13.0 Å². The van der Waals surface area contributed by atoms with Crippen molar-refractivity contribution in [1.29, 1.82) is 0 Å². The highest BCUT2D eigenvalue weighted by Crippen LogP contribution is 2.23. The molecule has 3 heterocycles. The van der Waals surface area contributed by atoms with E-state index in [-0.39, 0.29) is 0 Å². The summed E-state index contributed by atoms with van der Waals surface area (Å²) in [6, 6.07) is 3.68. The van der Waals surface area contributed by atoms with Crippen molar-refractivity contribution in [1.82, 2.24) is 10.3 Å². The predicted octanol–water partition coefficient (Wildman–Crippen LogP) is 1.58. The maximum absolute atomic E-state index is 5.61. The molecule has 0 saturated carbocycles. The van der Waals surface area contributed by atoms with Gasteiger partial charge >= 0.3 is 0 Å². The Labute approximate surface area is 80.9 Å². The predicted molar refractivity (Wildman–Crippen MR) is 49.6 cm³/mol. The lowest BCUT2D eigenvalue weighted by molar-refractivity contribution is 0.466. The van der Waals surface area contributed by atoms with Crippen molar-refractivity contribution < 1.29 is 8.83 Å². The van der Waals surface area contributed by atoms with Crippen molar-refractivity contribution in [3.8, 4) is 11.7 Å². The van der Waals surface area contributed by atoms with Crippen molar-refractivity contribution in [2.24, 2.45) is 0 Å². The van der Waals surface area contributed by atoms with E-state index >= 15 is 0 Å². The Morgan fingerprint density at radius 1 is 1.43 bits per heavy atom. The number of nitrogens with one attached hydrogen (secondary N) is 1. The first-order valence-electron chi connectivity index (χ1n) is 4.66. The van der Waals surface area contributed by atoms with Gasteiger partial charge in [0.2, 0.25) is 0 Å². The molecule has 3 rings (SSSR count). The van der Waals surface area contributed by atoms with Crippen LogP contribution in [0.2, 0.25) is 0 Å². The molecule has 0 saturated heterocycles. The highest BCUT2D eigenvalue weighted by atomic mass is 16.4. The van der Waals surface area contributed by atoms with E-state index in [4.69, 9.17) is 8.83 Å². The Hall–Kier alpha value is -1.55. The number of nitrogens with zero attached hydrogens (tertiary/aromatic N) is 1. The molecular formula is C10H10N2O2. The Morgan fingerprint density at radius 3 is 3.21 bits per heavy atom. The minimum atomic E-state index is 0.587. The summed E-state index contributed by atoms with van der Waals surface area (Å²) in [5.41, 5.74) is 1.00. The zero-order valence-corrected chi connectivity index (χ0v) is 7.62. The minimum absolute atomic E-state index is 0.587. The van der Waals surface area contributed by atoms with Crippen LogP contribution < -0.4 is 5.32 Å². The molecule has 2 aromatic heterocycles. The smallest absolute Gasteiger partial charge is 0.263 e. The quantitative estimate of drug-likeness (QED) is 0.741. The summed E-state index contributed by atoms with van der Waals surface area (Å²) in [7, 11) is 0. The van der Waals surface area contributed by atoms with Crippen LogP contribution in [0.15, 0.2) is 27.2 Å². The first-order chi connectivity index (χ1) is 6.93. The fourth-order valence-electron chi connectivity index (χ4n) is 1.63. The van der Waals surface area contributed by atoms with E-state index in [1.807, 2.05) is 12.1 Å². The summed E-state index contributed by atoms with van der Waals surface area (Å²) in [5, 5.41) is 3.25. The lowest BCUT2D eigenvalue weighted by Crippen LogP contribution is -2.22. The second-order valence-electron chi connectivity index (χ2n) is 3.29. The average molecular weight is 190 g/mol. The van der Waals surface area contributed by atoms with E-state index in [0.717, 1.165) is 31.0 Å². The zero-order chi connectivity index (χ0) is 9.38. The monoisotopic (exact) mass is 190 g/mol. The third kappa shape index (κ3) is 1.15. The van der Waals surface area contributed by atoms with E-state index in [0.29, 0.717) is 11.7 Å². The number of hydrogen-bond donors (Lipinski definition) is 1. The summed E-state index contributed by atoms with van der Waals surface area (Å²) >= 11 is 0. The molecule has 2 aromatic rings. The number of oxazole rings is 1. The van der Waals surface area contributed by atoms with E-state index in [2.05, 4.69) is 10.3 Å². The van der Waals surface area contributed by atoms with E-state index in [9.17, 15) is 0 Å². The van der Waals surface area contributed by atoms with Crippen LogP contribution in [0.25, 0.3) is 11.7 Å². The van der Waals surface area contributed by atoms with Gasteiger partial charge in [0, 0.05) is 19.5 Å². The normalized spacial score (nSPS) is 15.4. The third-order valence-electron chi connectivity index (χ3n) is 2.33. The van der Waals surface area contributed by atoms with Crippen molar-refractivity contribution in [2.75, 3.05) is 6.54 Å². The standard InChI is InChI=1S/C10H10N2O2/c1-2-9(13-5-1)10-12-7-6-11-4-3-8(7)14-10/h1-2,5,11H,3-4,6H2. The molecule has 0 aromatic carbocycles. The largest absolute Gasteiger partial charge is 0.459 e. The molecule has 4 nitrogen and oxygen atoms in total. The molecule has 1 aliphatic heterocycles. The molecule has 1 aliphatic rings. The molecule has 0 fully saturated rings. The van der Waals surface area contributed by atoms with Gasteiger partial charge in [-0.2, -0.15) is 0 Å². The number of fused-ring (bicyclic) bond motifs is 1. The number of rotatable bonds is 1. The van der Waals surface area contributed by atoms with Gasteiger partial charge in [-0.1, -0.05) is 0 Å². The van der Waals surface area contributed by atoms with Crippen molar-refractivity contribution in [3.63, 3.8) is 0 Å². The molecule has 14 heavy (non-hydrogen) atoms. The van der Waals surface area contributed by atoms with Gasteiger partial charge in [0.25, 0.3) is 5.89 Å². The fraction of sp³-hybridized carbons (Fsp3) is 0.300. The molecule has 4 heteroatoms. The van der Waals surface area contributed by atoms with Crippen LogP contribution >= 0.6 is 0 Å². The number of furan rings is 1. The van der Waals surface area contributed by atoms with Crippen LogP contribution in [0.3, 0.4) is 0 Å². The van der Waals surface area contributed by atoms with Gasteiger partial charge in [-0.25, -0.2) is 4.98 Å². The van der Waals surface area contributed by atoms with Crippen LogP contribution in [0.1, 0.15) is 11.5 Å². The van der Waals surface area contributed by atoms with Crippen LogP contribution in [0, 0.1) is 0 Å². The van der Waals surface area contributed by atoms with Gasteiger partial charge in [-0.05, 0) is 12.1 Å². The SMILES string of the molecule is c1coc(-c2nc3c(o2)CCNC3)c1. The molecule has 0 radical (unpaired) electrons. The molecule has 0 amide bonds. The second-order valence-corrected chi connectivity index (χ2v) is 3.29. The highest BCUT2D eigenvalue weighted by Gasteiger charge is 2.18. The van der Waals surface area contributed by atoms with Gasteiger partial charge in [0.1, 0.15) is 5.76 Å². The molecule has 0 atom stereocenters.